The molecule has 4 nitrogen and oxygen atoms in total. The van der Waals surface area contributed by atoms with E-state index in [0.29, 0.717) is 0 Å². The number of alkyl halides is 1. The summed E-state index contributed by atoms with van der Waals surface area (Å²) in [5.74, 6) is -5.46. The lowest BCUT2D eigenvalue weighted by Gasteiger charge is -2.06. The lowest BCUT2D eigenvalue weighted by Crippen LogP contribution is -2.13. The molecule has 1 aromatic rings. The molecule has 0 aliphatic rings. The van der Waals surface area contributed by atoms with Gasteiger partial charge < -0.3 is 5.73 Å². The molecular weight excluding hydrogens is 269 g/mol. The summed E-state index contributed by atoms with van der Waals surface area (Å²) in [4.78, 5) is 3.37. The van der Waals surface area contributed by atoms with Crippen LogP contribution in [0.1, 0.15) is 11.1 Å². The van der Waals surface area contributed by atoms with Crippen molar-refractivity contribution in [1.82, 2.24) is 0 Å². The normalized spacial score (nSPS) is 10.9. The first-order chi connectivity index (χ1) is 8.47. The van der Waals surface area contributed by atoms with Gasteiger partial charge in [-0.25, -0.2) is 18.2 Å². The molecular formula is C10H4ClF3N4. The predicted molar refractivity (Wildman–Crippen MR) is 57.7 cm³/mol. The molecule has 2 N–H and O–H groups in total. The Morgan fingerprint density at radius 1 is 1.11 bits per heavy atom. The van der Waals surface area contributed by atoms with Crippen molar-refractivity contribution in [2.45, 2.75) is 0 Å². The number of hydrogen-bond donors (Lipinski definition) is 1. The van der Waals surface area contributed by atoms with Crippen LogP contribution in [0.15, 0.2) is 4.99 Å². The highest BCUT2D eigenvalue weighted by atomic mass is 35.5. The van der Waals surface area contributed by atoms with E-state index >= 15 is 0 Å². The van der Waals surface area contributed by atoms with Gasteiger partial charge in [-0.15, -0.1) is 11.6 Å². The van der Waals surface area contributed by atoms with E-state index in [4.69, 9.17) is 27.9 Å². The van der Waals surface area contributed by atoms with Crippen molar-refractivity contribution in [2.75, 3.05) is 5.88 Å². The van der Waals surface area contributed by atoms with Gasteiger partial charge in [0, 0.05) is 0 Å². The lowest BCUT2D eigenvalue weighted by atomic mass is 10.1. The van der Waals surface area contributed by atoms with Gasteiger partial charge in [-0.3, -0.25) is 0 Å². The van der Waals surface area contributed by atoms with Gasteiger partial charge in [0.2, 0.25) is 0 Å². The van der Waals surface area contributed by atoms with Crippen LogP contribution in [-0.4, -0.2) is 11.7 Å². The molecule has 0 bridgehead atoms. The highest BCUT2D eigenvalue weighted by Crippen LogP contribution is 2.30. The fourth-order valence-electron chi connectivity index (χ4n) is 1.13. The minimum atomic E-state index is -1.74. The zero-order valence-corrected chi connectivity index (χ0v) is 9.39. The summed E-state index contributed by atoms with van der Waals surface area (Å²) in [5.41, 5.74) is 2.23. The van der Waals surface area contributed by atoms with Gasteiger partial charge >= 0.3 is 0 Å². The number of amidine groups is 1. The van der Waals surface area contributed by atoms with Crippen molar-refractivity contribution >= 4 is 23.1 Å². The third-order valence-corrected chi connectivity index (χ3v) is 2.19. The van der Waals surface area contributed by atoms with Crippen molar-refractivity contribution in [3.63, 3.8) is 0 Å². The second-order valence-corrected chi connectivity index (χ2v) is 3.27. The molecule has 0 saturated heterocycles. The molecule has 0 radical (unpaired) electrons. The van der Waals surface area contributed by atoms with E-state index in [2.05, 4.69) is 4.99 Å². The first kappa shape index (κ1) is 13.8. The van der Waals surface area contributed by atoms with E-state index in [1.54, 1.807) is 0 Å². The average molecular weight is 273 g/mol. The van der Waals surface area contributed by atoms with Crippen LogP contribution < -0.4 is 5.73 Å². The predicted octanol–water partition coefficient (Wildman–Crippen LogP) is 2.07. The van der Waals surface area contributed by atoms with Gasteiger partial charge in [0.1, 0.15) is 34.8 Å². The van der Waals surface area contributed by atoms with Gasteiger partial charge in [-0.2, -0.15) is 10.5 Å². The fraction of sp³-hybridized carbons (Fsp3) is 0.100. The van der Waals surface area contributed by atoms with E-state index in [9.17, 15) is 13.2 Å². The van der Waals surface area contributed by atoms with Crippen LogP contribution in [0.3, 0.4) is 0 Å². The molecule has 0 unspecified atom stereocenters. The summed E-state index contributed by atoms with van der Waals surface area (Å²) in [6.07, 6.45) is 0. The second kappa shape index (κ2) is 5.39. The quantitative estimate of drug-likeness (QED) is 0.387. The molecule has 0 aliphatic carbocycles. The third-order valence-electron chi connectivity index (χ3n) is 1.91. The van der Waals surface area contributed by atoms with Crippen LogP contribution in [0.2, 0.25) is 0 Å². The summed E-state index contributed by atoms with van der Waals surface area (Å²) in [7, 11) is 0. The van der Waals surface area contributed by atoms with Crippen molar-refractivity contribution in [3.8, 4) is 12.1 Å². The van der Waals surface area contributed by atoms with Crippen LogP contribution in [0, 0.1) is 40.1 Å². The monoisotopic (exact) mass is 272 g/mol. The van der Waals surface area contributed by atoms with Crippen LogP contribution in [0.4, 0.5) is 18.9 Å². The number of aliphatic imine (C=N–C) groups is 1. The Balaban J connectivity index is 3.76. The van der Waals surface area contributed by atoms with E-state index in [-0.39, 0.29) is 11.7 Å². The molecule has 0 amide bonds. The maximum Gasteiger partial charge on any atom is 0.181 e. The highest BCUT2D eigenvalue weighted by molar-refractivity contribution is 6.28. The van der Waals surface area contributed by atoms with E-state index in [1.807, 2.05) is 0 Å². The largest absolute Gasteiger partial charge is 0.386 e. The average Bonchev–Trinajstić information content (AvgIpc) is 2.36. The van der Waals surface area contributed by atoms with Crippen molar-refractivity contribution in [1.29, 1.82) is 10.5 Å². The number of halogens is 4. The number of nitriles is 2. The molecule has 0 saturated carbocycles. The number of hydrogen-bond acceptors (Lipinski definition) is 3. The third kappa shape index (κ3) is 2.22. The Hall–Kier alpha value is -2.25. The van der Waals surface area contributed by atoms with E-state index < -0.39 is 34.3 Å². The molecule has 1 aromatic carbocycles. The van der Waals surface area contributed by atoms with E-state index in [0.717, 1.165) is 6.07 Å². The molecule has 0 aliphatic heterocycles. The number of benzene rings is 1. The fourth-order valence-corrected chi connectivity index (χ4v) is 1.19. The van der Waals surface area contributed by atoms with E-state index in [1.165, 1.54) is 6.07 Å². The van der Waals surface area contributed by atoms with Gasteiger partial charge in [-0.05, 0) is 0 Å². The number of rotatable bonds is 2. The summed E-state index contributed by atoms with van der Waals surface area (Å²) in [6, 6.07) is 2.40. The first-order valence-corrected chi connectivity index (χ1v) is 4.91. The molecule has 0 aromatic heterocycles. The van der Waals surface area contributed by atoms with Crippen molar-refractivity contribution in [3.05, 3.63) is 28.6 Å². The Kier molecular flexibility index (Phi) is 4.13. The Labute approximate surface area is 105 Å². The molecule has 8 heteroatoms. The smallest absolute Gasteiger partial charge is 0.181 e. The molecule has 92 valence electrons. The molecule has 0 atom stereocenters. The minimum absolute atomic E-state index is 0.300. The summed E-state index contributed by atoms with van der Waals surface area (Å²) < 4.78 is 40.3. The summed E-state index contributed by atoms with van der Waals surface area (Å²) >= 11 is 5.30. The van der Waals surface area contributed by atoms with Crippen molar-refractivity contribution in [2.24, 2.45) is 10.7 Å². The van der Waals surface area contributed by atoms with Gasteiger partial charge in [0.25, 0.3) is 0 Å². The molecule has 18 heavy (non-hydrogen) atoms. The molecule has 0 heterocycles. The second-order valence-electron chi connectivity index (χ2n) is 3.00. The number of nitrogens with zero attached hydrogens (tertiary/aromatic N) is 3. The SMILES string of the molecule is N#Cc1c(F)c(F)c(C#N)c(N=C(N)CCl)c1F. The van der Waals surface area contributed by atoms with Crippen LogP contribution in [0.5, 0.6) is 0 Å². The molecule has 0 spiro atoms. The zero-order valence-electron chi connectivity index (χ0n) is 8.64. The van der Waals surface area contributed by atoms with Crippen LogP contribution in [0.25, 0.3) is 0 Å². The number of nitrogens with two attached hydrogens (primary N) is 1. The maximum absolute atomic E-state index is 13.7. The standard InChI is InChI=1S/C10H4ClF3N4/c11-1-6(17)18-10-5(3-16)8(13)7(12)4(2-15)9(10)14/h1H2,(H2,17,18). The van der Waals surface area contributed by atoms with Crippen LogP contribution >= 0.6 is 11.6 Å². The molecule has 1 rings (SSSR count). The van der Waals surface area contributed by atoms with Gasteiger partial charge in [0.15, 0.2) is 17.5 Å². The van der Waals surface area contributed by atoms with Gasteiger partial charge in [0.05, 0.1) is 5.88 Å². The summed E-state index contributed by atoms with van der Waals surface area (Å²) in [5, 5.41) is 17.2. The van der Waals surface area contributed by atoms with Crippen molar-refractivity contribution < 1.29 is 13.2 Å². The Bertz CT molecular complexity index is 613. The maximum atomic E-state index is 13.7. The topological polar surface area (TPSA) is 86.0 Å². The first-order valence-electron chi connectivity index (χ1n) is 4.37. The molecule has 0 fully saturated rings. The summed E-state index contributed by atoms with van der Waals surface area (Å²) in [6.45, 7) is 0. The highest BCUT2D eigenvalue weighted by Gasteiger charge is 2.25. The zero-order chi connectivity index (χ0) is 13.9. The Morgan fingerprint density at radius 2 is 1.61 bits per heavy atom. The van der Waals surface area contributed by atoms with Crippen LogP contribution in [-0.2, 0) is 0 Å². The van der Waals surface area contributed by atoms with Gasteiger partial charge in [-0.1, -0.05) is 0 Å². The lowest BCUT2D eigenvalue weighted by molar-refractivity contribution is 0.490. The Morgan fingerprint density at radius 3 is 2.06 bits per heavy atom. The minimum Gasteiger partial charge on any atom is -0.386 e.